The Morgan fingerprint density at radius 3 is 2.44 bits per heavy atom. The highest BCUT2D eigenvalue weighted by Gasteiger charge is 2.10. The van der Waals surface area contributed by atoms with Crippen LogP contribution in [-0.2, 0) is 14.8 Å². The lowest BCUT2D eigenvalue weighted by Gasteiger charge is -2.11. The monoisotopic (exact) mass is 383 g/mol. The molecule has 3 rings (SSSR count). The standard InChI is InChI=1S/C19H17N3O4S/c1-13(23)21-16-5-3-6-17(11-16)22-12-15(8-9-19(22)24)14-4-2-7-18(10-14)27(20,25)26/h2-12H,1H3,(H,21,23)(H2,20,25,26). The van der Waals surface area contributed by atoms with Crippen LogP contribution in [-0.4, -0.2) is 18.9 Å². The molecular formula is C19H17N3O4S. The number of hydrogen-bond acceptors (Lipinski definition) is 4. The first-order chi connectivity index (χ1) is 12.7. The van der Waals surface area contributed by atoms with Crippen molar-refractivity contribution in [1.29, 1.82) is 0 Å². The van der Waals surface area contributed by atoms with Gasteiger partial charge >= 0.3 is 0 Å². The maximum absolute atomic E-state index is 12.3. The number of carbonyl (C=O) groups is 1. The molecule has 0 saturated carbocycles. The summed E-state index contributed by atoms with van der Waals surface area (Å²) in [5.41, 5.74) is 2.11. The van der Waals surface area contributed by atoms with Crippen molar-refractivity contribution in [3.8, 4) is 16.8 Å². The minimum absolute atomic E-state index is 0.00888. The SMILES string of the molecule is CC(=O)Nc1cccc(-n2cc(-c3cccc(S(N)(=O)=O)c3)ccc2=O)c1. The second kappa shape index (κ2) is 7.18. The van der Waals surface area contributed by atoms with Crippen molar-refractivity contribution >= 4 is 21.6 Å². The first-order valence-electron chi connectivity index (χ1n) is 7.98. The molecule has 8 heteroatoms. The van der Waals surface area contributed by atoms with Gasteiger partial charge in [-0.1, -0.05) is 18.2 Å². The lowest BCUT2D eigenvalue weighted by atomic mass is 10.1. The Kier molecular flexibility index (Phi) is 4.93. The molecule has 0 spiro atoms. The Labute approximate surface area is 156 Å². The molecule has 1 aromatic heterocycles. The number of aromatic nitrogens is 1. The van der Waals surface area contributed by atoms with E-state index in [2.05, 4.69) is 5.32 Å². The fraction of sp³-hybridized carbons (Fsp3) is 0.0526. The van der Waals surface area contributed by atoms with Crippen LogP contribution >= 0.6 is 0 Å². The summed E-state index contributed by atoms with van der Waals surface area (Å²) in [5, 5.41) is 7.86. The zero-order chi connectivity index (χ0) is 19.6. The van der Waals surface area contributed by atoms with Crippen LogP contribution in [0.2, 0.25) is 0 Å². The summed E-state index contributed by atoms with van der Waals surface area (Å²) in [6.07, 6.45) is 1.61. The fourth-order valence-electron chi connectivity index (χ4n) is 2.65. The van der Waals surface area contributed by atoms with Crippen LogP contribution in [0.15, 0.2) is 76.6 Å². The second-order valence-electron chi connectivity index (χ2n) is 5.93. The van der Waals surface area contributed by atoms with Gasteiger partial charge in [-0.05, 0) is 47.5 Å². The lowest BCUT2D eigenvalue weighted by molar-refractivity contribution is -0.114. The third kappa shape index (κ3) is 4.30. The molecule has 0 aliphatic heterocycles. The fourth-order valence-corrected chi connectivity index (χ4v) is 3.21. The van der Waals surface area contributed by atoms with Crippen molar-refractivity contribution < 1.29 is 13.2 Å². The molecule has 0 saturated heterocycles. The number of carbonyl (C=O) groups excluding carboxylic acids is 1. The predicted molar refractivity (Wildman–Crippen MR) is 103 cm³/mol. The van der Waals surface area contributed by atoms with Gasteiger partial charge in [0.15, 0.2) is 0 Å². The molecule has 0 bridgehead atoms. The van der Waals surface area contributed by atoms with Gasteiger partial charge in [-0.3, -0.25) is 14.2 Å². The minimum atomic E-state index is -3.83. The summed E-state index contributed by atoms with van der Waals surface area (Å²) in [6.45, 7) is 1.40. The summed E-state index contributed by atoms with van der Waals surface area (Å²) >= 11 is 0. The lowest BCUT2D eigenvalue weighted by Crippen LogP contribution is -2.17. The van der Waals surface area contributed by atoms with E-state index in [1.54, 1.807) is 48.7 Å². The number of amides is 1. The van der Waals surface area contributed by atoms with Crippen LogP contribution in [0.3, 0.4) is 0 Å². The molecule has 0 fully saturated rings. The number of primary sulfonamides is 1. The van der Waals surface area contributed by atoms with Crippen LogP contribution in [0, 0.1) is 0 Å². The molecule has 0 radical (unpaired) electrons. The predicted octanol–water partition coefficient (Wildman–Crippen LogP) is 2.11. The minimum Gasteiger partial charge on any atom is -0.326 e. The highest BCUT2D eigenvalue weighted by atomic mass is 32.2. The first-order valence-corrected chi connectivity index (χ1v) is 9.53. The molecule has 138 valence electrons. The van der Waals surface area contributed by atoms with Gasteiger partial charge in [0.2, 0.25) is 15.9 Å². The summed E-state index contributed by atoms with van der Waals surface area (Å²) in [6, 6.07) is 16.0. The molecule has 1 amide bonds. The molecule has 0 aliphatic rings. The molecule has 27 heavy (non-hydrogen) atoms. The van der Waals surface area contributed by atoms with E-state index >= 15 is 0 Å². The average molecular weight is 383 g/mol. The Morgan fingerprint density at radius 1 is 1.00 bits per heavy atom. The second-order valence-corrected chi connectivity index (χ2v) is 7.49. The molecule has 0 aliphatic carbocycles. The van der Waals surface area contributed by atoms with Crippen LogP contribution in [0.4, 0.5) is 5.69 Å². The van der Waals surface area contributed by atoms with Crippen molar-refractivity contribution in [3.05, 3.63) is 77.2 Å². The third-order valence-corrected chi connectivity index (χ3v) is 4.76. The van der Waals surface area contributed by atoms with E-state index in [-0.39, 0.29) is 16.4 Å². The number of hydrogen-bond donors (Lipinski definition) is 2. The number of benzene rings is 2. The maximum Gasteiger partial charge on any atom is 0.255 e. The van der Waals surface area contributed by atoms with Crippen molar-refractivity contribution in [2.45, 2.75) is 11.8 Å². The van der Waals surface area contributed by atoms with Crippen LogP contribution in [0.25, 0.3) is 16.8 Å². The molecule has 7 nitrogen and oxygen atoms in total. The Balaban J connectivity index is 2.09. The number of nitrogens with two attached hydrogens (primary N) is 1. The summed E-state index contributed by atoms with van der Waals surface area (Å²) in [7, 11) is -3.83. The Hall–Kier alpha value is -3.23. The molecular weight excluding hydrogens is 366 g/mol. The first kappa shape index (κ1) is 18.6. The highest BCUT2D eigenvalue weighted by Crippen LogP contribution is 2.22. The van der Waals surface area contributed by atoms with Gasteiger partial charge < -0.3 is 5.32 Å². The molecule has 3 N–H and O–H groups in total. The normalized spacial score (nSPS) is 11.2. The van der Waals surface area contributed by atoms with Gasteiger partial charge in [-0.15, -0.1) is 0 Å². The van der Waals surface area contributed by atoms with Crippen molar-refractivity contribution in [1.82, 2.24) is 4.57 Å². The van der Waals surface area contributed by atoms with Gasteiger partial charge in [0.05, 0.1) is 10.6 Å². The Bertz CT molecular complexity index is 1180. The quantitative estimate of drug-likeness (QED) is 0.719. The van der Waals surface area contributed by atoms with E-state index in [0.717, 1.165) is 0 Å². The molecule has 1 heterocycles. The van der Waals surface area contributed by atoms with Crippen LogP contribution < -0.4 is 16.0 Å². The van der Waals surface area contributed by atoms with Gasteiger partial charge in [0.25, 0.3) is 5.56 Å². The van der Waals surface area contributed by atoms with E-state index < -0.39 is 10.0 Å². The zero-order valence-corrected chi connectivity index (χ0v) is 15.2. The van der Waals surface area contributed by atoms with Crippen molar-refractivity contribution in [2.24, 2.45) is 5.14 Å². The number of rotatable bonds is 4. The zero-order valence-electron chi connectivity index (χ0n) is 14.4. The van der Waals surface area contributed by atoms with E-state index in [1.807, 2.05) is 0 Å². The van der Waals surface area contributed by atoms with Crippen molar-refractivity contribution in [2.75, 3.05) is 5.32 Å². The molecule has 0 atom stereocenters. The summed E-state index contributed by atoms with van der Waals surface area (Å²) in [4.78, 5) is 23.6. The molecule has 3 aromatic rings. The van der Waals surface area contributed by atoms with Crippen LogP contribution in [0.1, 0.15) is 6.92 Å². The van der Waals surface area contributed by atoms with Gasteiger partial charge in [0.1, 0.15) is 0 Å². The molecule has 0 unspecified atom stereocenters. The average Bonchev–Trinajstić information content (AvgIpc) is 2.61. The topological polar surface area (TPSA) is 111 Å². The number of nitrogens with zero attached hydrogens (tertiary/aromatic N) is 1. The Morgan fingerprint density at radius 2 is 1.74 bits per heavy atom. The van der Waals surface area contributed by atoms with E-state index in [0.29, 0.717) is 22.5 Å². The van der Waals surface area contributed by atoms with Crippen molar-refractivity contribution in [3.63, 3.8) is 0 Å². The smallest absolute Gasteiger partial charge is 0.255 e. The number of sulfonamides is 1. The highest BCUT2D eigenvalue weighted by molar-refractivity contribution is 7.89. The number of nitrogens with one attached hydrogen (secondary N) is 1. The summed E-state index contributed by atoms with van der Waals surface area (Å²) in [5.74, 6) is -0.215. The van der Waals surface area contributed by atoms with Gasteiger partial charge in [-0.2, -0.15) is 0 Å². The maximum atomic E-state index is 12.3. The van der Waals surface area contributed by atoms with Gasteiger partial charge in [-0.25, -0.2) is 13.6 Å². The molecule has 2 aromatic carbocycles. The van der Waals surface area contributed by atoms with Gasteiger partial charge in [0, 0.05) is 24.9 Å². The van der Waals surface area contributed by atoms with Crippen LogP contribution in [0.5, 0.6) is 0 Å². The third-order valence-electron chi connectivity index (χ3n) is 3.85. The largest absolute Gasteiger partial charge is 0.326 e. The summed E-state index contributed by atoms with van der Waals surface area (Å²) < 4.78 is 24.6. The van der Waals surface area contributed by atoms with E-state index in [4.69, 9.17) is 5.14 Å². The van der Waals surface area contributed by atoms with E-state index in [9.17, 15) is 18.0 Å². The number of pyridine rings is 1. The number of anilines is 1. The van der Waals surface area contributed by atoms with E-state index in [1.165, 1.54) is 29.7 Å².